The molecule has 3 aromatic carbocycles. The second-order valence-corrected chi connectivity index (χ2v) is 6.39. The highest BCUT2D eigenvalue weighted by atomic mass is 79.9. The lowest BCUT2D eigenvalue weighted by Crippen LogP contribution is -2.06. The summed E-state index contributed by atoms with van der Waals surface area (Å²) in [6.45, 7) is 0. The summed E-state index contributed by atoms with van der Waals surface area (Å²) in [4.78, 5) is 0. The average molecular weight is 352 g/mol. The van der Waals surface area contributed by atoms with Crippen molar-refractivity contribution in [3.63, 3.8) is 0 Å². The first kappa shape index (κ1) is 13.5. The van der Waals surface area contributed by atoms with Gasteiger partial charge in [-0.3, -0.25) is 0 Å². The van der Waals surface area contributed by atoms with Gasteiger partial charge in [-0.1, -0.05) is 69.6 Å². The monoisotopic (exact) mass is 351 g/mol. The normalized spacial score (nSPS) is 13.8. The van der Waals surface area contributed by atoms with Gasteiger partial charge in [0.05, 0.1) is 0 Å². The van der Waals surface area contributed by atoms with Crippen molar-refractivity contribution in [3.8, 4) is 0 Å². The van der Waals surface area contributed by atoms with Gasteiger partial charge in [0, 0.05) is 15.6 Å². The fourth-order valence-corrected chi connectivity index (χ4v) is 3.84. The Morgan fingerprint density at radius 3 is 2.55 bits per heavy atom. The van der Waals surface area contributed by atoms with Gasteiger partial charge in [-0.25, -0.2) is 0 Å². The highest BCUT2D eigenvalue weighted by Crippen LogP contribution is 2.37. The van der Waals surface area contributed by atoms with E-state index >= 15 is 0 Å². The van der Waals surface area contributed by atoms with Crippen LogP contribution in [-0.4, -0.2) is 10.9 Å². The van der Waals surface area contributed by atoms with E-state index in [1.54, 1.807) is 0 Å². The summed E-state index contributed by atoms with van der Waals surface area (Å²) in [5.41, 5.74) is 5.26. The van der Waals surface area contributed by atoms with Crippen LogP contribution in [0.3, 0.4) is 0 Å². The van der Waals surface area contributed by atoms with E-state index in [2.05, 4.69) is 45.4 Å². The molecule has 108 valence electrons. The van der Waals surface area contributed by atoms with Crippen LogP contribution in [0.1, 0.15) is 22.3 Å². The van der Waals surface area contributed by atoms with Gasteiger partial charge < -0.3 is 5.21 Å². The van der Waals surface area contributed by atoms with Gasteiger partial charge in [-0.2, -0.15) is 0 Å². The van der Waals surface area contributed by atoms with Crippen LogP contribution in [0.25, 0.3) is 10.8 Å². The van der Waals surface area contributed by atoms with Gasteiger partial charge >= 0.3 is 0 Å². The van der Waals surface area contributed by atoms with E-state index in [-0.39, 0.29) is 0 Å². The van der Waals surface area contributed by atoms with E-state index in [1.807, 2.05) is 30.3 Å². The summed E-state index contributed by atoms with van der Waals surface area (Å²) < 4.78 is 1.11. The van der Waals surface area contributed by atoms with Crippen LogP contribution in [0.5, 0.6) is 0 Å². The third kappa shape index (κ3) is 1.97. The minimum atomic E-state index is 0.644. The van der Waals surface area contributed by atoms with E-state index in [4.69, 9.17) is 0 Å². The molecule has 0 fully saturated rings. The zero-order valence-corrected chi connectivity index (χ0v) is 13.5. The molecule has 0 radical (unpaired) electrons. The Kier molecular flexibility index (Phi) is 3.23. The Morgan fingerprint density at radius 1 is 0.955 bits per heavy atom. The molecule has 0 aliphatic heterocycles. The standard InChI is InChI=1S/C19H14BrNO/c20-17-11-7-12-6-8-14-15(9-10-16(17)18(12)14)19(21-22)13-4-2-1-3-5-13/h1-5,7,9-11,22H,6,8H2. The molecule has 1 aliphatic rings. The first-order valence-corrected chi connectivity index (χ1v) is 8.09. The first-order valence-electron chi connectivity index (χ1n) is 7.30. The molecule has 0 atom stereocenters. The molecule has 0 bridgehead atoms. The molecule has 0 aromatic heterocycles. The maximum Gasteiger partial charge on any atom is 0.117 e. The van der Waals surface area contributed by atoms with Crippen LogP contribution in [0.2, 0.25) is 0 Å². The van der Waals surface area contributed by atoms with Crippen LogP contribution >= 0.6 is 15.9 Å². The van der Waals surface area contributed by atoms with Crippen molar-refractivity contribution < 1.29 is 5.21 Å². The molecule has 3 aromatic rings. The maximum absolute atomic E-state index is 9.58. The van der Waals surface area contributed by atoms with Gasteiger partial charge in [0.15, 0.2) is 0 Å². The highest BCUT2D eigenvalue weighted by molar-refractivity contribution is 9.10. The third-order valence-corrected chi connectivity index (χ3v) is 5.06. The first-order chi connectivity index (χ1) is 10.8. The van der Waals surface area contributed by atoms with E-state index in [9.17, 15) is 5.21 Å². The number of halogens is 1. The molecule has 3 heteroatoms. The molecule has 4 rings (SSSR count). The largest absolute Gasteiger partial charge is 0.410 e. The van der Waals surface area contributed by atoms with E-state index in [0.29, 0.717) is 5.71 Å². The van der Waals surface area contributed by atoms with Crippen molar-refractivity contribution in [2.24, 2.45) is 5.16 Å². The Balaban J connectivity index is 1.99. The maximum atomic E-state index is 9.58. The number of oxime groups is 1. The number of rotatable bonds is 2. The third-order valence-electron chi connectivity index (χ3n) is 4.37. The van der Waals surface area contributed by atoms with E-state index in [1.165, 1.54) is 21.9 Å². The average Bonchev–Trinajstić information content (AvgIpc) is 2.99. The molecule has 1 N–H and O–H groups in total. The Hall–Kier alpha value is -2.13. The topological polar surface area (TPSA) is 32.6 Å². The quantitative estimate of drug-likeness (QED) is 0.396. The Morgan fingerprint density at radius 2 is 1.77 bits per heavy atom. The molecule has 2 nitrogen and oxygen atoms in total. The molecule has 0 saturated heterocycles. The minimum Gasteiger partial charge on any atom is -0.410 e. The Bertz CT molecular complexity index is 900. The van der Waals surface area contributed by atoms with Crippen LogP contribution in [0.4, 0.5) is 0 Å². The van der Waals surface area contributed by atoms with Crippen LogP contribution in [-0.2, 0) is 12.8 Å². The lowest BCUT2D eigenvalue weighted by atomic mass is 9.94. The fourth-order valence-electron chi connectivity index (χ4n) is 3.37. The number of nitrogens with zero attached hydrogens (tertiary/aromatic N) is 1. The lowest BCUT2D eigenvalue weighted by Gasteiger charge is -2.12. The lowest BCUT2D eigenvalue weighted by molar-refractivity contribution is 0.319. The summed E-state index contributed by atoms with van der Waals surface area (Å²) in [7, 11) is 0. The number of benzene rings is 3. The molecule has 0 heterocycles. The summed E-state index contributed by atoms with van der Waals surface area (Å²) >= 11 is 3.64. The van der Waals surface area contributed by atoms with Crippen molar-refractivity contribution in [3.05, 3.63) is 81.3 Å². The highest BCUT2D eigenvalue weighted by Gasteiger charge is 2.22. The predicted molar refractivity (Wildman–Crippen MR) is 92.9 cm³/mol. The zero-order valence-electron chi connectivity index (χ0n) is 11.9. The second-order valence-electron chi connectivity index (χ2n) is 5.54. The predicted octanol–water partition coefficient (Wildman–Crippen LogP) is 4.93. The second kappa shape index (κ2) is 5.25. The van der Waals surface area contributed by atoms with Crippen molar-refractivity contribution in [2.45, 2.75) is 12.8 Å². The summed E-state index contributed by atoms with van der Waals surface area (Å²) in [6.07, 6.45) is 2.04. The van der Waals surface area contributed by atoms with Crippen molar-refractivity contribution in [1.29, 1.82) is 0 Å². The molecule has 0 spiro atoms. The Labute approximate surface area is 137 Å². The summed E-state index contributed by atoms with van der Waals surface area (Å²) in [6, 6.07) is 18.3. The van der Waals surface area contributed by atoms with Crippen molar-refractivity contribution >= 4 is 32.4 Å². The summed E-state index contributed by atoms with van der Waals surface area (Å²) in [5, 5.41) is 15.7. The minimum absolute atomic E-state index is 0.644. The molecule has 0 saturated carbocycles. The van der Waals surface area contributed by atoms with Gasteiger partial charge in [-0.05, 0) is 40.8 Å². The number of aryl methyl sites for hydroxylation is 2. The molecular weight excluding hydrogens is 338 g/mol. The van der Waals surface area contributed by atoms with Crippen LogP contribution in [0, 0.1) is 0 Å². The van der Waals surface area contributed by atoms with Crippen molar-refractivity contribution in [2.75, 3.05) is 0 Å². The van der Waals surface area contributed by atoms with Gasteiger partial charge in [0.2, 0.25) is 0 Å². The molecule has 22 heavy (non-hydrogen) atoms. The number of hydrogen-bond acceptors (Lipinski definition) is 2. The SMILES string of the molecule is ON=C(c1ccccc1)c1ccc2c(Br)ccc3c2c1CC3. The van der Waals surface area contributed by atoms with Crippen molar-refractivity contribution in [1.82, 2.24) is 0 Å². The number of hydrogen-bond donors (Lipinski definition) is 1. The van der Waals surface area contributed by atoms with Gasteiger partial charge in [0.1, 0.15) is 5.71 Å². The van der Waals surface area contributed by atoms with E-state index in [0.717, 1.165) is 28.4 Å². The summed E-state index contributed by atoms with van der Waals surface area (Å²) in [5.74, 6) is 0. The molecule has 0 amide bonds. The van der Waals surface area contributed by atoms with Gasteiger partial charge in [-0.15, -0.1) is 0 Å². The molecular formula is C19H14BrNO. The van der Waals surface area contributed by atoms with Gasteiger partial charge in [0.25, 0.3) is 0 Å². The smallest absolute Gasteiger partial charge is 0.117 e. The molecule has 0 unspecified atom stereocenters. The van der Waals surface area contributed by atoms with Crippen LogP contribution < -0.4 is 0 Å². The fraction of sp³-hybridized carbons (Fsp3) is 0.105. The molecule has 1 aliphatic carbocycles. The van der Waals surface area contributed by atoms with E-state index < -0.39 is 0 Å². The van der Waals surface area contributed by atoms with Crippen LogP contribution in [0.15, 0.2) is 64.2 Å². The zero-order chi connectivity index (χ0) is 15.1.